The molecule has 0 aliphatic rings. The number of phenols is 1. The summed E-state index contributed by atoms with van der Waals surface area (Å²) in [5, 5.41) is 20.0. The van der Waals surface area contributed by atoms with E-state index in [1.165, 1.54) is 6.07 Å². The summed E-state index contributed by atoms with van der Waals surface area (Å²) in [5.41, 5.74) is 0.837. The molecule has 0 atom stereocenters. The highest BCUT2D eigenvalue weighted by molar-refractivity contribution is 6.05. The van der Waals surface area contributed by atoms with Gasteiger partial charge in [-0.1, -0.05) is 24.3 Å². The van der Waals surface area contributed by atoms with Crippen molar-refractivity contribution in [3.8, 4) is 5.75 Å². The summed E-state index contributed by atoms with van der Waals surface area (Å²) in [6, 6.07) is 8.44. The van der Waals surface area contributed by atoms with Crippen LogP contribution in [0.2, 0.25) is 0 Å². The van der Waals surface area contributed by atoms with Crippen LogP contribution in [-0.4, -0.2) is 16.2 Å². The summed E-state index contributed by atoms with van der Waals surface area (Å²) in [4.78, 5) is 11.0. The molecule has 2 N–H and O–H groups in total. The molecule has 0 heterocycles. The molecule has 3 heteroatoms. The highest BCUT2D eigenvalue weighted by Gasteiger charge is 2.12. The van der Waals surface area contributed by atoms with Gasteiger partial charge in [0.25, 0.3) is 0 Å². The van der Waals surface area contributed by atoms with Crippen molar-refractivity contribution >= 4 is 16.7 Å². The molecule has 76 valence electrons. The van der Waals surface area contributed by atoms with E-state index in [-0.39, 0.29) is 11.3 Å². The number of aromatic hydroxyl groups is 1. The Morgan fingerprint density at radius 1 is 1.20 bits per heavy atom. The predicted molar refractivity (Wildman–Crippen MR) is 57.3 cm³/mol. The Bertz CT molecular complexity index is 544. The fourth-order valence-electron chi connectivity index (χ4n) is 1.68. The molecule has 0 unspecified atom stereocenters. The first-order valence-corrected chi connectivity index (χ1v) is 4.56. The first kappa shape index (κ1) is 9.52. The fourth-order valence-corrected chi connectivity index (χ4v) is 1.68. The van der Waals surface area contributed by atoms with E-state index in [2.05, 4.69) is 0 Å². The molecule has 2 aromatic rings. The number of hydrogen-bond donors (Lipinski definition) is 2. The number of carbonyl (C=O) groups is 1. The summed E-state index contributed by atoms with van der Waals surface area (Å²) in [6.07, 6.45) is 0. The number of hydrogen-bond acceptors (Lipinski definition) is 2. The van der Waals surface area contributed by atoms with Gasteiger partial charge in [-0.05, 0) is 29.3 Å². The normalized spacial score (nSPS) is 10.5. The van der Waals surface area contributed by atoms with Gasteiger partial charge in [-0.3, -0.25) is 0 Å². The van der Waals surface area contributed by atoms with Crippen molar-refractivity contribution in [1.82, 2.24) is 0 Å². The Morgan fingerprint density at radius 2 is 1.80 bits per heavy atom. The Kier molecular flexibility index (Phi) is 2.08. The molecular formula is C12H10O3. The molecule has 0 spiro atoms. The maximum absolute atomic E-state index is 11.0. The van der Waals surface area contributed by atoms with Gasteiger partial charge < -0.3 is 10.2 Å². The van der Waals surface area contributed by atoms with Crippen LogP contribution in [0.1, 0.15) is 15.9 Å². The van der Waals surface area contributed by atoms with Crippen LogP contribution in [-0.2, 0) is 0 Å². The highest BCUT2D eigenvalue weighted by Crippen LogP contribution is 2.29. The van der Waals surface area contributed by atoms with Gasteiger partial charge in [-0.25, -0.2) is 4.79 Å². The maximum atomic E-state index is 11.0. The minimum absolute atomic E-state index is 0.0195. The average Bonchev–Trinajstić information content (AvgIpc) is 2.23. The van der Waals surface area contributed by atoms with Crippen LogP contribution in [0.3, 0.4) is 0 Å². The van der Waals surface area contributed by atoms with Gasteiger partial charge in [-0.15, -0.1) is 0 Å². The van der Waals surface area contributed by atoms with Crippen molar-refractivity contribution in [3.63, 3.8) is 0 Å². The molecule has 3 nitrogen and oxygen atoms in total. The van der Waals surface area contributed by atoms with Crippen molar-refractivity contribution in [3.05, 3.63) is 41.5 Å². The number of benzene rings is 2. The zero-order valence-corrected chi connectivity index (χ0v) is 8.19. The predicted octanol–water partition coefficient (Wildman–Crippen LogP) is 2.55. The molecule has 0 aromatic heterocycles. The van der Waals surface area contributed by atoms with Crippen LogP contribution >= 0.6 is 0 Å². The zero-order chi connectivity index (χ0) is 11.0. The number of carboxylic acid groups (broad SMARTS) is 1. The minimum Gasteiger partial charge on any atom is -0.508 e. The quantitative estimate of drug-likeness (QED) is 0.747. The van der Waals surface area contributed by atoms with E-state index in [0.717, 1.165) is 5.39 Å². The third-order valence-corrected chi connectivity index (χ3v) is 2.52. The minimum atomic E-state index is -1.03. The Hall–Kier alpha value is -2.03. The van der Waals surface area contributed by atoms with E-state index >= 15 is 0 Å². The number of aryl methyl sites for hydroxylation is 1. The smallest absolute Gasteiger partial charge is 0.336 e. The van der Waals surface area contributed by atoms with E-state index in [9.17, 15) is 9.90 Å². The molecule has 0 bridgehead atoms. The van der Waals surface area contributed by atoms with Gasteiger partial charge in [0.2, 0.25) is 0 Å². The second-order valence-corrected chi connectivity index (χ2v) is 3.42. The van der Waals surface area contributed by atoms with E-state index in [0.29, 0.717) is 10.9 Å². The van der Waals surface area contributed by atoms with E-state index in [4.69, 9.17) is 5.11 Å². The summed E-state index contributed by atoms with van der Waals surface area (Å²) in [6.45, 7) is 1.77. The van der Waals surface area contributed by atoms with E-state index in [1.54, 1.807) is 25.1 Å². The summed E-state index contributed by atoms with van der Waals surface area (Å²) < 4.78 is 0. The Labute approximate surface area is 86.6 Å². The summed E-state index contributed by atoms with van der Waals surface area (Å²) in [7, 11) is 0. The Morgan fingerprint density at radius 3 is 2.40 bits per heavy atom. The maximum Gasteiger partial charge on any atom is 0.336 e. The fraction of sp³-hybridized carbons (Fsp3) is 0.0833. The second kappa shape index (κ2) is 3.28. The number of phenolic OH excluding ortho intramolecular Hbond substituents is 1. The molecule has 15 heavy (non-hydrogen) atoms. The van der Waals surface area contributed by atoms with Crippen molar-refractivity contribution in [2.24, 2.45) is 0 Å². The van der Waals surface area contributed by atoms with Crippen LogP contribution < -0.4 is 0 Å². The zero-order valence-electron chi connectivity index (χ0n) is 8.19. The second-order valence-electron chi connectivity index (χ2n) is 3.42. The standard InChI is InChI=1S/C12H10O3/c1-7-8-4-2-3-5-9(8)10(12(14)15)6-11(7)13/h2-6,13H,1H3,(H,14,15). The number of fused-ring (bicyclic) bond motifs is 1. The molecule has 2 aromatic carbocycles. The lowest BCUT2D eigenvalue weighted by Gasteiger charge is -2.07. The van der Waals surface area contributed by atoms with Crippen molar-refractivity contribution in [1.29, 1.82) is 0 Å². The van der Waals surface area contributed by atoms with Gasteiger partial charge >= 0.3 is 5.97 Å². The lowest BCUT2D eigenvalue weighted by Crippen LogP contribution is -1.98. The van der Waals surface area contributed by atoms with Crippen LogP contribution in [0.5, 0.6) is 5.75 Å². The summed E-state index contributed by atoms with van der Waals surface area (Å²) >= 11 is 0. The van der Waals surface area contributed by atoms with E-state index < -0.39 is 5.97 Å². The molecule has 0 saturated carbocycles. The van der Waals surface area contributed by atoms with Gasteiger partial charge in [0, 0.05) is 0 Å². The SMILES string of the molecule is Cc1c(O)cc(C(=O)O)c2ccccc12. The molecule has 0 aliphatic heterocycles. The van der Waals surface area contributed by atoms with Crippen molar-refractivity contribution < 1.29 is 15.0 Å². The molecule has 0 fully saturated rings. The number of aromatic carboxylic acids is 1. The lowest BCUT2D eigenvalue weighted by molar-refractivity contribution is 0.0698. The molecule has 0 saturated heterocycles. The largest absolute Gasteiger partial charge is 0.508 e. The van der Waals surface area contributed by atoms with Crippen molar-refractivity contribution in [2.75, 3.05) is 0 Å². The molecule has 0 radical (unpaired) electrons. The Balaban J connectivity index is 2.94. The molecule has 0 amide bonds. The van der Waals surface area contributed by atoms with Gasteiger partial charge in [0.05, 0.1) is 5.56 Å². The number of rotatable bonds is 1. The van der Waals surface area contributed by atoms with Crippen LogP contribution in [0.4, 0.5) is 0 Å². The number of carboxylic acids is 1. The van der Waals surface area contributed by atoms with Gasteiger partial charge in [-0.2, -0.15) is 0 Å². The van der Waals surface area contributed by atoms with Crippen LogP contribution in [0.25, 0.3) is 10.8 Å². The third-order valence-electron chi connectivity index (χ3n) is 2.52. The topological polar surface area (TPSA) is 57.5 Å². The lowest BCUT2D eigenvalue weighted by atomic mass is 9.99. The first-order valence-electron chi connectivity index (χ1n) is 4.56. The van der Waals surface area contributed by atoms with Gasteiger partial charge in [0.1, 0.15) is 5.75 Å². The average molecular weight is 202 g/mol. The molecule has 0 aliphatic carbocycles. The van der Waals surface area contributed by atoms with E-state index in [1.807, 2.05) is 6.07 Å². The van der Waals surface area contributed by atoms with Crippen molar-refractivity contribution in [2.45, 2.75) is 6.92 Å². The van der Waals surface area contributed by atoms with Crippen LogP contribution in [0.15, 0.2) is 30.3 Å². The van der Waals surface area contributed by atoms with Gasteiger partial charge in [0.15, 0.2) is 0 Å². The molecular weight excluding hydrogens is 192 g/mol. The first-order chi connectivity index (χ1) is 7.11. The highest BCUT2D eigenvalue weighted by atomic mass is 16.4. The van der Waals surface area contributed by atoms with Crippen LogP contribution in [0, 0.1) is 6.92 Å². The summed E-state index contributed by atoms with van der Waals surface area (Å²) in [5.74, 6) is -1.01. The monoisotopic (exact) mass is 202 g/mol. The molecule has 2 rings (SSSR count). The third kappa shape index (κ3) is 1.42.